The lowest BCUT2D eigenvalue weighted by Crippen LogP contribution is -2.03. The van der Waals surface area contributed by atoms with E-state index in [4.69, 9.17) is 11.6 Å². The van der Waals surface area contributed by atoms with Crippen LogP contribution in [0.5, 0.6) is 0 Å². The zero-order chi connectivity index (χ0) is 20.2. The van der Waals surface area contributed by atoms with Gasteiger partial charge in [-0.05, 0) is 61.4 Å². The summed E-state index contributed by atoms with van der Waals surface area (Å²) in [6, 6.07) is 15.9. The van der Waals surface area contributed by atoms with Crippen LogP contribution in [-0.4, -0.2) is 19.7 Å². The summed E-state index contributed by atoms with van der Waals surface area (Å²) in [5.41, 5.74) is 4.99. The third-order valence-corrected chi connectivity index (χ3v) is 4.93. The molecule has 2 aromatic heterocycles. The minimum absolute atomic E-state index is 0.531. The van der Waals surface area contributed by atoms with Crippen molar-refractivity contribution in [2.45, 2.75) is 20.4 Å². The van der Waals surface area contributed by atoms with Crippen LogP contribution < -0.4 is 10.6 Å². The zero-order valence-electron chi connectivity index (χ0n) is 16.2. The molecule has 0 unspecified atom stereocenters. The van der Waals surface area contributed by atoms with Gasteiger partial charge in [0.25, 0.3) is 0 Å². The molecule has 4 aromatic rings. The molecule has 0 aliphatic rings. The smallest absolute Gasteiger partial charge is 0.229 e. The number of nitrogens with zero attached hydrogens (tertiary/aromatic N) is 4. The molecule has 0 aliphatic heterocycles. The summed E-state index contributed by atoms with van der Waals surface area (Å²) >= 11 is 6.11. The Labute approximate surface area is 174 Å². The van der Waals surface area contributed by atoms with Gasteiger partial charge in [-0.2, -0.15) is 10.1 Å². The van der Waals surface area contributed by atoms with E-state index in [9.17, 15) is 0 Å². The van der Waals surface area contributed by atoms with Crippen molar-refractivity contribution in [2.75, 3.05) is 10.6 Å². The summed E-state index contributed by atoms with van der Waals surface area (Å²) in [6.45, 7) is 4.69. The third kappa shape index (κ3) is 4.73. The molecule has 7 heteroatoms. The van der Waals surface area contributed by atoms with Crippen molar-refractivity contribution in [3.05, 3.63) is 88.8 Å². The van der Waals surface area contributed by atoms with Gasteiger partial charge in [0.05, 0.1) is 6.54 Å². The van der Waals surface area contributed by atoms with E-state index in [1.54, 1.807) is 12.4 Å². The number of hydrogen-bond acceptors (Lipinski definition) is 5. The van der Waals surface area contributed by atoms with E-state index in [1.165, 1.54) is 5.56 Å². The molecule has 0 saturated heterocycles. The van der Waals surface area contributed by atoms with Gasteiger partial charge in [-0.15, -0.1) is 0 Å². The van der Waals surface area contributed by atoms with Gasteiger partial charge < -0.3 is 10.6 Å². The van der Waals surface area contributed by atoms with E-state index in [-0.39, 0.29) is 0 Å². The molecule has 0 radical (unpaired) electrons. The van der Waals surface area contributed by atoms with Crippen molar-refractivity contribution in [2.24, 2.45) is 0 Å². The summed E-state index contributed by atoms with van der Waals surface area (Å²) in [5.74, 6) is 1.28. The van der Waals surface area contributed by atoms with Gasteiger partial charge in [-0.1, -0.05) is 23.7 Å². The molecule has 0 spiro atoms. The van der Waals surface area contributed by atoms with Crippen LogP contribution in [0.2, 0.25) is 5.02 Å². The van der Waals surface area contributed by atoms with Crippen molar-refractivity contribution in [1.82, 2.24) is 19.7 Å². The number of aromatic nitrogens is 4. The Kier molecular flexibility index (Phi) is 5.44. The standard InChI is InChI=1S/C22H21ClN6/c1-15-12-19(8-9-20(15)23)26-21-16(2)13-24-22(28-21)27-18-6-4-17(5-7-18)14-29-11-3-10-25-29/h3-13H,14H2,1-2H3,(H2,24,26,27,28). The van der Waals surface area contributed by atoms with Crippen molar-refractivity contribution >= 4 is 34.7 Å². The van der Waals surface area contributed by atoms with Gasteiger partial charge >= 0.3 is 0 Å². The average Bonchev–Trinajstić information content (AvgIpc) is 3.22. The molecular formula is C22H21ClN6. The van der Waals surface area contributed by atoms with Gasteiger partial charge in [-0.3, -0.25) is 4.68 Å². The number of nitrogens with one attached hydrogen (secondary N) is 2. The van der Waals surface area contributed by atoms with Crippen LogP contribution in [0.3, 0.4) is 0 Å². The Hall–Kier alpha value is -3.38. The largest absolute Gasteiger partial charge is 0.340 e. The quantitative estimate of drug-likeness (QED) is 0.445. The summed E-state index contributed by atoms with van der Waals surface area (Å²) in [5, 5.41) is 11.6. The van der Waals surface area contributed by atoms with E-state index in [2.05, 4.69) is 37.8 Å². The Balaban J connectivity index is 1.47. The Morgan fingerprint density at radius 2 is 1.76 bits per heavy atom. The van der Waals surface area contributed by atoms with Gasteiger partial charge in [0.15, 0.2) is 0 Å². The number of rotatable bonds is 6. The lowest BCUT2D eigenvalue weighted by Gasteiger charge is -2.12. The first kappa shape index (κ1) is 19.0. The Morgan fingerprint density at radius 3 is 2.48 bits per heavy atom. The molecule has 0 bridgehead atoms. The van der Waals surface area contributed by atoms with Crippen LogP contribution in [0.15, 0.2) is 67.1 Å². The lowest BCUT2D eigenvalue weighted by atomic mass is 10.2. The molecule has 2 aromatic carbocycles. The first-order valence-corrected chi connectivity index (χ1v) is 9.65. The Morgan fingerprint density at radius 1 is 0.966 bits per heavy atom. The second kappa shape index (κ2) is 8.32. The fourth-order valence-electron chi connectivity index (χ4n) is 2.89. The first-order chi connectivity index (χ1) is 14.1. The van der Waals surface area contributed by atoms with Gasteiger partial charge in [0, 0.05) is 40.6 Å². The Bertz CT molecular complexity index is 1110. The minimum atomic E-state index is 0.531. The third-order valence-electron chi connectivity index (χ3n) is 4.51. The van der Waals surface area contributed by atoms with Crippen molar-refractivity contribution in [1.29, 1.82) is 0 Å². The molecule has 0 aliphatic carbocycles. The van der Waals surface area contributed by atoms with Crippen LogP contribution in [0, 0.1) is 13.8 Å². The van der Waals surface area contributed by atoms with E-state index in [0.717, 1.165) is 39.9 Å². The van der Waals surface area contributed by atoms with Gasteiger partial charge in [0.1, 0.15) is 5.82 Å². The van der Waals surface area contributed by atoms with Gasteiger partial charge in [0.2, 0.25) is 5.95 Å². The fraction of sp³-hybridized carbons (Fsp3) is 0.136. The number of anilines is 4. The van der Waals surface area contributed by atoms with Crippen molar-refractivity contribution < 1.29 is 0 Å². The van der Waals surface area contributed by atoms with Crippen LogP contribution in [0.25, 0.3) is 0 Å². The zero-order valence-corrected chi connectivity index (χ0v) is 17.0. The number of hydrogen-bond donors (Lipinski definition) is 2. The number of halogens is 1. The van der Waals surface area contributed by atoms with Crippen LogP contribution >= 0.6 is 11.6 Å². The van der Waals surface area contributed by atoms with Gasteiger partial charge in [-0.25, -0.2) is 4.98 Å². The first-order valence-electron chi connectivity index (χ1n) is 9.27. The summed E-state index contributed by atoms with van der Waals surface area (Å²) < 4.78 is 1.89. The maximum absolute atomic E-state index is 6.11. The van der Waals surface area contributed by atoms with Crippen molar-refractivity contribution in [3.63, 3.8) is 0 Å². The fourth-order valence-corrected chi connectivity index (χ4v) is 3.01. The van der Waals surface area contributed by atoms with E-state index >= 15 is 0 Å². The van der Waals surface area contributed by atoms with Crippen LogP contribution in [-0.2, 0) is 6.54 Å². The molecule has 0 fully saturated rings. The number of benzene rings is 2. The highest BCUT2D eigenvalue weighted by atomic mass is 35.5. The van der Waals surface area contributed by atoms with E-state index < -0.39 is 0 Å². The van der Waals surface area contributed by atoms with E-state index in [0.29, 0.717) is 5.95 Å². The van der Waals surface area contributed by atoms with Crippen LogP contribution in [0.4, 0.5) is 23.1 Å². The maximum atomic E-state index is 6.11. The molecule has 2 N–H and O–H groups in total. The molecule has 146 valence electrons. The van der Waals surface area contributed by atoms with Crippen molar-refractivity contribution in [3.8, 4) is 0 Å². The molecule has 4 rings (SSSR count). The summed E-state index contributed by atoms with van der Waals surface area (Å²) in [4.78, 5) is 9.01. The van der Waals surface area contributed by atoms with Crippen LogP contribution in [0.1, 0.15) is 16.7 Å². The second-order valence-electron chi connectivity index (χ2n) is 6.84. The minimum Gasteiger partial charge on any atom is -0.340 e. The molecule has 0 atom stereocenters. The maximum Gasteiger partial charge on any atom is 0.229 e. The predicted octanol–water partition coefficient (Wildman–Crippen LogP) is 5.48. The molecule has 6 nitrogen and oxygen atoms in total. The monoisotopic (exact) mass is 404 g/mol. The van der Waals surface area contributed by atoms with E-state index in [1.807, 2.05) is 61.1 Å². The number of aryl methyl sites for hydroxylation is 2. The normalized spacial score (nSPS) is 10.7. The molecule has 2 heterocycles. The molecule has 29 heavy (non-hydrogen) atoms. The second-order valence-corrected chi connectivity index (χ2v) is 7.25. The highest BCUT2D eigenvalue weighted by molar-refractivity contribution is 6.31. The topological polar surface area (TPSA) is 67.7 Å². The molecular weight excluding hydrogens is 384 g/mol. The highest BCUT2D eigenvalue weighted by Crippen LogP contribution is 2.24. The summed E-state index contributed by atoms with van der Waals surface area (Å²) in [7, 11) is 0. The predicted molar refractivity (Wildman–Crippen MR) is 117 cm³/mol. The highest BCUT2D eigenvalue weighted by Gasteiger charge is 2.06. The molecule has 0 saturated carbocycles. The average molecular weight is 405 g/mol. The summed E-state index contributed by atoms with van der Waals surface area (Å²) in [6.07, 6.45) is 5.52. The molecule has 0 amide bonds. The lowest BCUT2D eigenvalue weighted by molar-refractivity contribution is 0.687. The SMILES string of the molecule is Cc1cc(Nc2nc(Nc3ccc(Cn4cccn4)cc3)ncc2C)ccc1Cl.